The van der Waals surface area contributed by atoms with E-state index in [-0.39, 0.29) is 0 Å². The molecule has 1 unspecified atom stereocenters. The fourth-order valence-corrected chi connectivity index (χ4v) is 1.19. The molecule has 0 bridgehead atoms. The van der Waals surface area contributed by atoms with Crippen molar-refractivity contribution in [3.05, 3.63) is 35.4 Å². The van der Waals surface area contributed by atoms with Gasteiger partial charge in [-0.3, -0.25) is 0 Å². The summed E-state index contributed by atoms with van der Waals surface area (Å²) in [4.78, 5) is 0. The van der Waals surface area contributed by atoms with Gasteiger partial charge in [-0.2, -0.15) is 0 Å². The lowest BCUT2D eigenvalue weighted by molar-refractivity contribution is 0.255. The monoisotopic (exact) mass is 192 g/mol. The molecule has 1 atom stereocenters. The van der Waals surface area contributed by atoms with Crippen LogP contribution in [0.5, 0.6) is 0 Å². The molecular weight excluding hydrogens is 180 g/mol. The Bertz CT molecular complexity index is 295. The maximum atomic E-state index is 8.95. The zero-order chi connectivity index (χ0) is 9.68. The number of aliphatic hydroxyl groups is 1. The van der Waals surface area contributed by atoms with E-state index in [0.29, 0.717) is 6.42 Å². The molecule has 68 valence electrons. The molecule has 1 aromatic carbocycles. The third-order valence-corrected chi connectivity index (χ3v) is 2.07. The molecule has 0 aliphatic heterocycles. The second-order valence-electron chi connectivity index (χ2n) is 2.86. The smallest absolute Gasteiger partial charge is 0.0967 e. The summed E-state index contributed by atoms with van der Waals surface area (Å²) in [5, 5.41) is 8.95. The summed E-state index contributed by atoms with van der Waals surface area (Å²) in [6.07, 6.45) is 6.71. The Kier molecular flexibility index (Phi) is 3.88. The van der Waals surface area contributed by atoms with E-state index in [2.05, 4.69) is 18.5 Å². The molecule has 0 amide bonds. The zero-order valence-electron chi connectivity index (χ0n) is 7.27. The molecule has 0 spiro atoms. The minimum Gasteiger partial charge on any atom is -0.383 e. The molecule has 0 fully saturated rings. The van der Waals surface area contributed by atoms with Gasteiger partial charge in [0.05, 0.1) is 5.44 Å². The minimum absolute atomic E-state index is 0.535. The first-order valence-electron chi connectivity index (χ1n) is 4.14. The van der Waals surface area contributed by atoms with Crippen LogP contribution in [-0.4, -0.2) is 10.5 Å². The number of hydrogen-bond donors (Lipinski definition) is 2. The lowest BCUT2D eigenvalue weighted by atomic mass is 10.1. The van der Waals surface area contributed by atoms with Gasteiger partial charge < -0.3 is 5.11 Å². The highest BCUT2D eigenvalue weighted by Crippen LogP contribution is 2.08. The van der Waals surface area contributed by atoms with Crippen molar-refractivity contribution in [3.63, 3.8) is 0 Å². The first-order chi connectivity index (χ1) is 6.22. The molecule has 0 radical (unpaired) electrons. The number of thiol groups is 1. The predicted octanol–water partition coefficient (Wildman–Crippen LogP) is 1.85. The van der Waals surface area contributed by atoms with E-state index >= 15 is 0 Å². The van der Waals surface area contributed by atoms with Crippen LogP contribution in [-0.2, 0) is 6.42 Å². The third-order valence-electron chi connectivity index (χ3n) is 1.81. The Morgan fingerprint density at radius 1 is 1.38 bits per heavy atom. The highest BCUT2D eigenvalue weighted by Gasteiger charge is 1.97. The SMILES string of the molecule is C#Cc1ccc(CCC(O)S)cc1. The lowest BCUT2D eigenvalue weighted by Crippen LogP contribution is -1.98. The second kappa shape index (κ2) is 4.96. The molecule has 0 saturated heterocycles. The maximum absolute atomic E-state index is 8.95. The van der Waals surface area contributed by atoms with Crippen LogP contribution in [0, 0.1) is 12.3 Å². The summed E-state index contributed by atoms with van der Waals surface area (Å²) >= 11 is 3.89. The van der Waals surface area contributed by atoms with Gasteiger partial charge >= 0.3 is 0 Å². The summed E-state index contributed by atoms with van der Waals surface area (Å²) in [5.74, 6) is 2.55. The molecule has 2 heteroatoms. The van der Waals surface area contributed by atoms with Gasteiger partial charge in [-0.1, -0.05) is 18.1 Å². The number of hydrogen-bond acceptors (Lipinski definition) is 2. The Morgan fingerprint density at radius 2 is 2.00 bits per heavy atom. The lowest BCUT2D eigenvalue weighted by Gasteiger charge is -2.03. The summed E-state index contributed by atoms with van der Waals surface area (Å²) < 4.78 is 0. The molecule has 1 nitrogen and oxygen atoms in total. The quantitative estimate of drug-likeness (QED) is 0.425. The van der Waals surface area contributed by atoms with Crippen LogP contribution in [0.15, 0.2) is 24.3 Å². The number of benzene rings is 1. The molecule has 1 N–H and O–H groups in total. The molecule has 13 heavy (non-hydrogen) atoms. The summed E-state index contributed by atoms with van der Waals surface area (Å²) in [6, 6.07) is 7.76. The van der Waals surface area contributed by atoms with E-state index < -0.39 is 5.44 Å². The van der Waals surface area contributed by atoms with Crippen molar-refractivity contribution >= 4 is 12.6 Å². The zero-order valence-corrected chi connectivity index (χ0v) is 8.17. The first kappa shape index (κ1) is 10.2. The Hall–Kier alpha value is -0.910. The average molecular weight is 192 g/mol. The van der Waals surface area contributed by atoms with Crippen molar-refractivity contribution in [3.8, 4) is 12.3 Å². The van der Waals surface area contributed by atoms with Gasteiger partial charge in [-0.05, 0) is 30.5 Å². The van der Waals surface area contributed by atoms with Crippen molar-refractivity contribution in [2.24, 2.45) is 0 Å². The number of terminal acetylenes is 1. The van der Waals surface area contributed by atoms with Crippen molar-refractivity contribution in [2.45, 2.75) is 18.3 Å². The molecule has 0 saturated carbocycles. The standard InChI is InChI=1S/C11H12OS/c1-2-9-3-5-10(6-4-9)7-8-11(12)13/h1,3-6,11-13H,7-8H2. The summed E-state index contributed by atoms with van der Waals surface area (Å²) in [5.41, 5.74) is 1.52. The van der Waals surface area contributed by atoms with Gasteiger partial charge in [0.25, 0.3) is 0 Å². The molecule has 0 heterocycles. The Labute approximate surface area is 84.2 Å². The van der Waals surface area contributed by atoms with E-state index in [4.69, 9.17) is 11.5 Å². The third kappa shape index (κ3) is 3.54. The predicted molar refractivity (Wildman–Crippen MR) is 57.7 cm³/mol. The Balaban J connectivity index is 2.55. The molecular formula is C11H12OS. The van der Waals surface area contributed by atoms with Gasteiger partial charge in [0.15, 0.2) is 0 Å². The normalized spacial score (nSPS) is 12.1. The average Bonchev–Trinajstić information content (AvgIpc) is 2.15. The number of rotatable bonds is 3. The molecule has 0 aliphatic carbocycles. The second-order valence-corrected chi connectivity index (χ2v) is 3.46. The fourth-order valence-electron chi connectivity index (χ4n) is 1.06. The van der Waals surface area contributed by atoms with Crippen molar-refractivity contribution in [1.82, 2.24) is 0 Å². The number of aliphatic hydroxyl groups excluding tert-OH is 1. The fraction of sp³-hybridized carbons (Fsp3) is 0.273. The van der Waals surface area contributed by atoms with E-state index in [1.165, 1.54) is 5.56 Å². The van der Waals surface area contributed by atoms with Crippen molar-refractivity contribution < 1.29 is 5.11 Å². The van der Waals surface area contributed by atoms with Crippen LogP contribution >= 0.6 is 12.6 Å². The Morgan fingerprint density at radius 3 is 2.46 bits per heavy atom. The van der Waals surface area contributed by atoms with Crippen LogP contribution in [0.1, 0.15) is 17.5 Å². The topological polar surface area (TPSA) is 20.2 Å². The van der Waals surface area contributed by atoms with Gasteiger partial charge in [0.2, 0.25) is 0 Å². The largest absolute Gasteiger partial charge is 0.383 e. The first-order valence-corrected chi connectivity index (χ1v) is 4.65. The van der Waals surface area contributed by atoms with Crippen LogP contribution in [0.3, 0.4) is 0 Å². The van der Waals surface area contributed by atoms with E-state index in [0.717, 1.165) is 12.0 Å². The van der Waals surface area contributed by atoms with Crippen molar-refractivity contribution in [2.75, 3.05) is 0 Å². The molecule has 0 aliphatic rings. The summed E-state index contributed by atoms with van der Waals surface area (Å²) in [6.45, 7) is 0. The van der Waals surface area contributed by atoms with Gasteiger partial charge in [-0.25, -0.2) is 0 Å². The summed E-state index contributed by atoms with van der Waals surface area (Å²) in [7, 11) is 0. The molecule has 1 aromatic rings. The maximum Gasteiger partial charge on any atom is 0.0967 e. The van der Waals surface area contributed by atoms with Crippen LogP contribution in [0.25, 0.3) is 0 Å². The van der Waals surface area contributed by atoms with E-state index in [1.54, 1.807) is 0 Å². The van der Waals surface area contributed by atoms with Gasteiger partial charge in [-0.15, -0.1) is 19.1 Å². The molecule has 0 aromatic heterocycles. The van der Waals surface area contributed by atoms with Crippen molar-refractivity contribution in [1.29, 1.82) is 0 Å². The van der Waals surface area contributed by atoms with Crippen LogP contribution < -0.4 is 0 Å². The van der Waals surface area contributed by atoms with Crippen LogP contribution in [0.4, 0.5) is 0 Å². The van der Waals surface area contributed by atoms with Gasteiger partial charge in [0, 0.05) is 5.56 Å². The highest BCUT2D eigenvalue weighted by molar-refractivity contribution is 7.80. The van der Waals surface area contributed by atoms with E-state index in [1.807, 2.05) is 24.3 Å². The number of aryl methyl sites for hydroxylation is 1. The van der Waals surface area contributed by atoms with Gasteiger partial charge in [0.1, 0.15) is 0 Å². The van der Waals surface area contributed by atoms with E-state index in [9.17, 15) is 0 Å². The molecule has 1 rings (SSSR count). The highest BCUT2D eigenvalue weighted by atomic mass is 32.1. The minimum atomic E-state index is -0.535. The van der Waals surface area contributed by atoms with Crippen LogP contribution in [0.2, 0.25) is 0 Å².